The van der Waals surface area contributed by atoms with Crippen molar-refractivity contribution in [3.05, 3.63) is 35.4 Å². The molecule has 3 N–H and O–H groups in total. The van der Waals surface area contributed by atoms with Crippen LogP contribution in [0.5, 0.6) is 0 Å². The highest BCUT2D eigenvalue weighted by Crippen LogP contribution is 2.45. The van der Waals surface area contributed by atoms with Gasteiger partial charge in [0.2, 0.25) is 0 Å². The average Bonchev–Trinajstić information content (AvgIpc) is 3.16. The summed E-state index contributed by atoms with van der Waals surface area (Å²) >= 11 is 0. The first kappa shape index (κ1) is 14.9. The predicted molar refractivity (Wildman–Crippen MR) is 79.7 cm³/mol. The van der Waals surface area contributed by atoms with Gasteiger partial charge in [-0.25, -0.2) is 4.79 Å². The summed E-state index contributed by atoms with van der Waals surface area (Å²) in [6, 6.07) is 8.29. The van der Waals surface area contributed by atoms with Crippen molar-refractivity contribution in [1.82, 2.24) is 10.6 Å². The van der Waals surface area contributed by atoms with E-state index in [1.165, 1.54) is 5.56 Å². The summed E-state index contributed by atoms with van der Waals surface area (Å²) in [4.78, 5) is 11.7. The van der Waals surface area contributed by atoms with Gasteiger partial charge >= 0.3 is 6.03 Å². The van der Waals surface area contributed by atoms with Gasteiger partial charge in [-0.1, -0.05) is 45.0 Å². The Labute approximate surface area is 120 Å². The molecule has 0 spiro atoms. The van der Waals surface area contributed by atoms with E-state index < -0.39 is 0 Å². The van der Waals surface area contributed by atoms with Crippen molar-refractivity contribution in [2.75, 3.05) is 13.2 Å². The van der Waals surface area contributed by atoms with Crippen LogP contribution < -0.4 is 10.6 Å². The third-order valence-corrected chi connectivity index (χ3v) is 3.80. The van der Waals surface area contributed by atoms with Gasteiger partial charge < -0.3 is 15.7 Å². The molecule has 1 fully saturated rings. The number of carbonyl (C=O) groups is 1. The standard InChI is InChI=1S/C16H24N2O2/c1-15(2,3)12-4-6-13(7-5-12)16(8-9-16)18-14(20)17-10-11-19/h4-7,19H,8-11H2,1-3H3,(H2,17,18,20). The highest BCUT2D eigenvalue weighted by molar-refractivity contribution is 5.75. The maximum absolute atomic E-state index is 11.7. The molecule has 2 amide bonds. The minimum atomic E-state index is -0.212. The summed E-state index contributed by atoms with van der Waals surface area (Å²) < 4.78 is 0. The molecule has 0 aromatic heterocycles. The third-order valence-electron chi connectivity index (χ3n) is 3.80. The molecule has 110 valence electrons. The van der Waals surface area contributed by atoms with Gasteiger partial charge in [0, 0.05) is 6.54 Å². The molecule has 1 aliphatic carbocycles. The van der Waals surface area contributed by atoms with Gasteiger partial charge in [-0.2, -0.15) is 0 Å². The van der Waals surface area contributed by atoms with E-state index in [1.807, 2.05) is 0 Å². The van der Waals surface area contributed by atoms with E-state index in [-0.39, 0.29) is 30.1 Å². The highest BCUT2D eigenvalue weighted by Gasteiger charge is 2.45. The summed E-state index contributed by atoms with van der Waals surface area (Å²) in [7, 11) is 0. The molecular weight excluding hydrogens is 252 g/mol. The molecule has 0 heterocycles. The summed E-state index contributed by atoms with van der Waals surface area (Å²) in [5, 5.41) is 14.4. The van der Waals surface area contributed by atoms with E-state index in [1.54, 1.807) is 0 Å². The minimum Gasteiger partial charge on any atom is -0.395 e. The number of nitrogens with one attached hydrogen (secondary N) is 2. The molecular formula is C16H24N2O2. The number of hydrogen-bond acceptors (Lipinski definition) is 2. The van der Waals surface area contributed by atoms with Crippen LogP contribution in [-0.2, 0) is 11.0 Å². The smallest absolute Gasteiger partial charge is 0.315 e. The molecule has 4 nitrogen and oxygen atoms in total. The monoisotopic (exact) mass is 276 g/mol. The fourth-order valence-electron chi connectivity index (χ4n) is 2.33. The van der Waals surface area contributed by atoms with Gasteiger partial charge in [0.25, 0.3) is 0 Å². The molecule has 0 atom stereocenters. The van der Waals surface area contributed by atoms with Crippen molar-refractivity contribution >= 4 is 6.03 Å². The van der Waals surface area contributed by atoms with Gasteiger partial charge in [0.15, 0.2) is 0 Å². The zero-order valence-corrected chi connectivity index (χ0v) is 12.5. The number of aliphatic hydroxyl groups is 1. The lowest BCUT2D eigenvalue weighted by Gasteiger charge is -2.22. The van der Waals surface area contributed by atoms with Crippen LogP contribution in [0.4, 0.5) is 4.79 Å². The van der Waals surface area contributed by atoms with Gasteiger partial charge in [-0.05, 0) is 29.4 Å². The first-order valence-electron chi connectivity index (χ1n) is 7.15. The number of urea groups is 1. The van der Waals surface area contributed by atoms with Crippen LogP contribution in [-0.4, -0.2) is 24.3 Å². The number of amides is 2. The number of hydrogen-bond donors (Lipinski definition) is 3. The van der Waals surface area contributed by atoms with E-state index in [9.17, 15) is 4.79 Å². The topological polar surface area (TPSA) is 61.4 Å². The molecule has 1 aromatic carbocycles. The van der Waals surface area contributed by atoms with Crippen LogP contribution in [0.25, 0.3) is 0 Å². The lowest BCUT2D eigenvalue weighted by Crippen LogP contribution is -2.43. The molecule has 0 aliphatic heterocycles. The average molecular weight is 276 g/mol. The summed E-state index contributed by atoms with van der Waals surface area (Å²) in [5.74, 6) is 0. The maximum Gasteiger partial charge on any atom is 0.315 e. The molecule has 0 unspecified atom stereocenters. The molecule has 0 bridgehead atoms. The highest BCUT2D eigenvalue weighted by atomic mass is 16.3. The van der Waals surface area contributed by atoms with Crippen molar-refractivity contribution in [3.8, 4) is 0 Å². The zero-order valence-electron chi connectivity index (χ0n) is 12.5. The van der Waals surface area contributed by atoms with Crippen molar-refractivity contribution in [3.63, 3.8) is 0 Å². The van der Waals surface area contributed by atoms with E-state index >= 15 is 0 Å². The van der Waals surface area contributed by atoms with E-state index in [0.717, 1.165) is 18.4 Å². The Hall–Kier alpha value is -1.55. The van der Waals surface area contributed by atoms with Crippen molar-refractivity contribution < 1.29 is 9.90 Å². The summed E-state index contributed by atoms with van der Waals surface area (Å²) in [6.45, 7) is 6.81. The van der Waals surface area contributed by atoms with Gasteiger partial charge in [0.05, 0.1) is 12.1 Å². The first-order valence-corrected chi connectivity index (χ1v) is 7.15. The molecule has 2 rings (SSSR count). The summed E-state index contributed by atoms with van der Waals surface area (Å²) in [5.41, 5.74) is 2.38. The fraction of sp³-hybridized carbons (Fsp3) is 0.562. The normalized spacial score (nSPS) is 16.6. The number of benzene rings is 1. The minimum absolute atomic E-state index is 0.0410. The Kier molecular flexibility index (Phi) is 4.04. The van der Waals surface area contributed by atoms with Crippen LogP contribution in [0, 0.1) is 0 Å². The van der Waals surface area contributed by atoms with E-state index in [0.29, 0.717) is 0 Å². The quantitative estimate of drug-likeness (QED) is 0.790. The second-order valence-corrected chi connectivity index (χ2v) is 6.51. The van der Waals surface area contributed by atoms with Gasteiger partial charge in [-0.3, -0.25) is 0 Å². The Bertz CT molecular complexity index is 470. The largest absolute Gasteiger partial charge is 0.395 e. The lowest BCUT2D eigenvalue weighted by atomic mass is 9.86. The molecule has 1 aromatic rings. The predicted octanol–water partition coefficient (Wildman–Crippen LogP) is 2.26. The molecule has 0 saturated heterocycles. The van der Waals surface area contributed by atoms with Crippen LogP contribution in [0.3, 0.4) is 0 Å². The molecule has 1 saturated carbocycles. The van der Waals surface area contributed by atoms with Gasteiger partial charge in [0.1, 0.15) is 0 Å². The second kappa shape index (κ2) is 5.44. The Morgan fingerprint density at radius 1 is 1.25 bits per heavy atom. The number of aliphatic hydroxyl groups excluding tert-OH is 1. The van der Waals surface area contributed by atoms with E-state index in [2.05, 4.69) is 55.7 Å². The fourth-order valence-corrected chi connectivity index (χ4v) is 2.33. The maximum atomic E-state index is 11.7. The van der Waals surface area contributed by atoms with E-state index in [4.69, 9.17) is 5.11 Å². The zero-order chi connectivity index (χ0) is 14.8. The second-order valence-electron chi connectivity index (χ2n) is 6.51. The first-order chi connectivity index (χ1) is 9.37. The Balaban J connectivity index is 2.05. The van der Waals surface area contributed by atoms with Crippen LogP contribution >= 0.6 is 0 Å². The summed E-state index contributed by atoms with van der Waals surface area (Å²) in [6.07, 6.45) is 1.93. The third kappa shape index (κ3) is 3.31. The molecule has 1 aliphatic rings. The Morgan fingerprint density at radius 2 is 1.85 bits per heavy atom. The molecule has 4 heteroatoms. The Morgan fingerprint density at radius 3 is 2.30 bits per heavy atom. The molecule has 20 heavy (non-hydrogen) atoms. The van der Waals surface area contributed by atoms with Crippen molar-refractivity contribution in [2.45, 2.75) is 44.6 Å². The van der Waals surface area contributed by atoms with Crippen LogP contribution in [0.15, 0.2) is 24.3 Å². The van der Waals surface area contributed by atoms with Crippen molar-refractivity contribution in [1.29, 1.82) is 0 Å². The van der Waals surface area contributed by atoms with Crippen LogP contribution in [0.2, 0.25) is 0 Å². The number of rotatable bonds is 4. The lowest BCUT2D eigenvalue weighted by molar-refractivity contribution is 0.229. The molecule has 0 radical (unpaired) electrons. The van der Waals surface area contributed by atoms with Gasteiger partial charge in [-0.15, -0.1) is 0 Å². The number of carbonyl (C=O) groups excluding carboxylic acids is 1. The SMILES string of the molecule is CC(C)(C)c1ccc(C2(NC(=O)NCCO)CC2)cc1. The van der Waals surface area contributed by atoms with Crippen LogP contribution in [0.1, 0.15) is 44.7 Å². The van der Waals surface area contributed by atoms with Crippen molar-refractivity contribution in [2.24, 2.45) is 0 Å².